The normalized spacial score (nSPS) is 15.3. The van der Waals surface area contributed by atoms with Crippen LogP contribution in [0, 0.1) is 0 Å². The number of halogens is 1. The van der Waals surface area contributed by atoms with Crippen LogP contribution in [0.2, 0.25) is 5.02 Å². The molecule has 5 nitrogen and oxygen atoms in total. The second-order valence-corrected chi connectivity index (χ2v) is 8.64. The van der Waals surface area contributed by atoms with Crippen LogP contribution < -0.4 is 16.2 Å². The lowest BCUT2D eigenvalue weighted by Gasteiger charge is -2.33. The van der Waals surface area contributed by atoms with Crippen LogP contribution >= 0.6 is 11.6 Å². The maximum atomic E-state index is 6.43. The molecule has 0 bridgehead atoms. The molecular weight excluding hydrogens is 415 g/mol. The molecule has 3 heterocycles. The summed E-state index contributed by atoms with van der Waals surface area (Å²) in [7, 11) is 12.3. The van der Waals surface area contributed by atoms with Gasteiger partial charge in [-0.15, -0.1) is 0 Å². The summed E-state index contributed by atoms with van der Waals surface area (Å²) in [6.07, 6.45) is 3.68. The number of hydrogen-bond acceptors (Lipinski definition) is 4. The zero-order valence-electron chi connectivity index (χ0n) is 17.7. The molecule has 0 spiro atoms. The lowest BCUT2D eigenvalue weighted by atomic mass is 9.90. The first-order valence-electron chi connectivity index (χ1n) is 10.8. The molecule has 4 aromatic rings. The summed E-state index contributed by atoms with van der Waals surface area (Å²) in [4.78, 5) is 7.17. The predicted molar refractivity (Wildman–Crippen MR) is 133 cm³/mol. The fourth-order valence-corrected chi connectivity index (χ4v) is 4.49. The maximum absolute atomic E-state index is 6.43. The van der Waals surface area contributed by atoms with E-state index in [9.17, 15) is 0 Å². The molecule has 2 aromatic carbocycles. The zero-order chi connectivity index (χ0) is 22.1. The number of anilines is 1. The third-order valence-electron chi connectivity index (χ3n) is 6.04. The van der Waals surface area contributed by atoms with E-state index in [2.05, 4.69) is 21.4 Å². The van der Waals surface area contributed by atoms with Crippen molar-refractivity contribution in [3.05, 3.63) is 71.4 Å². The van der Waals surface area contributed by atoms with E-state index in [4.69, 9.17) is 32.3 Å². The molecule has 0 aliphatic carbocycles. The maximum Gasteiger partial charge on any atom is 0.150 e. The highest BCUT2D eigenvalue weighted by Crippen LogP contribution is 2.29. The van der Waals surface area contributed by atoms with Crippen LogP contribution in [0.4, 0.5) is 5.82 Å². The van der Waals surface area contributed by atoms with Gasteiger partial charge in [0.15, 0.2) is 5.65 Å². The first-order chi connectivity index (χ1) is 15.6. The van der Waals surface area contributed by atoms with Crippen molar-refractivity contribution in [1.29, 1.82) is 0 Å². The Morgan fingerprint density at radius 1 is 1.00 bits per heavy atom. The number of fused-ring (bicyclic) bond motifs is 1. The highest BCUT2D eigenvalue weighted by molar-refractivity contribution is 6.36. The van der Waals surface area contributed by atoms with Crippen molar-refractivity contribution in [2.24, 2.45) is 0 Å². The molecule has 156 valence electrons. The molecule has 0 saturated carbocycles. The van der Waals surface area contributed by atoms with Gasteiger partial charge in [-0.05, 0) is 29.9 Å². The van der Waals surface area contributed by atoms with Crippen LogP contribution in [-0.2, 0) is 6.54 Å². The SMILES string of the molecule is [B]c1ccccc1CN1CCC(Nc2cc(-c3ccccc3Cl)nc3c([B])cnn23)CC1. The van der Waals surface area contributed by atoms with E-state index < -0.39 is 0 Å². The van der Waals surface area contributed by atoms with E-state index in [0.717, 1.165) is 55.0 Å². The Bertz CT molecular complexity index is 1250. The average Bonchev–Trinajstić information content (AvgIpc) is 3.18. The third-order valence-corrected chi connectivity index (χ3v) is 6.37. The van der Waals surface area contributed by atoms with Crippen molar-refractivity contribution in [2.45, 2.75) is 25.4 Å². The van der Waals surface area contributed by atoms with E-state index in [0.29, 0.717) is 22.2 Å². The van der Waals surface area contributed by atoms with E-state index >= 15 is 0 Å². The quantitative estimate of drug-likeness (QED) is 0.488. The van der Waals surface area contributed by atoms with Crippen LogP contribution in [0.5, 0.6) is 0 Å². The molecule has 1 aliphatic heterocycles. The minimum atomic E-state index is 0.328. The number of aromatic nitrogens is 3. The molecule has 2 aromatic heterocycles. The average molecular weight is 438 g/mol. The van der Waals surface area contributed by atoms with Gasteiger partial charge >= 0.3 is 0 Å². The molecule has 1 aliphatic rings. The number of rotatable bonds is 5. The van der Waals surface area contributed by atoms with Gasteiger partial charge in [-0.1, -0.05) is 59.5 Å². The summed E-state index contributed by atoms with van der Waals surface area (Å²) < 4.78 is 1.77. The van der Waals surface area contributed by atoms with Gasteiger partial charge in [-0.3, -0.25) is 4.90 Å². The number of piperidine rings is 1. The van der Waals surface area contributed by atoms with Gasteiger partial charge < -0.3 is 5.32 Å². The number of hydrogen-bond donors (Lipinski definition) is 1. The minimum Gasteiger partial charge on any atom is -0.367 e. The fraction of sp³-hybridized carbons (Fsp3) is 0.250. The van der Waals surface area contributed by atoms with E-state index in [1.165, 1.54) is 5.56 Å². The van der Waals surface area contributed by atoms with Crippen molar-refractivity contribution < 1.29 is 0 Å². The Balaban J connectivity index is 1.34. The summed E-state index contributed by atoms with van der Waals surface area (Å²) in [6, 6.07) is 18.1. The number of nitrogens with one attached hydrogen (secondary N) is 1. The Morgan fingerprint density at radius 2 is 1.75 bits per heavy atom. The number of nitrogens with zero attached hydrogens (tertiary/aromatic N) is 4. The van der Waals surface area contributed by atoms with Crippen molar-refractivity contribution >= 4 is 49.7 Å². The highest BCUT2D eigenvalue weighted by atomic mass is 35.5. The summed E-state index contributed by atoms with van der Waals surface area (Å²) in [5.74, 6) is 0.868. The second kappa shape index (κ2) is 9.00. The largest absolute Gasteiger partial charge is 0.367 e. The summed E-state index contributed by atoms with van der Waals surface area (Å²) in [5, 5.41) is 8.76. The van der Waals surface area contributed by atoms with Crippen molar-refractivity contribution in [3.63, 3.8) is 0 Å². The van der Waals surface area contributed by atoms with Gasteiger partial charge in [0.25, 0.3) is 0 Å². The van der Waals surface area contributed by atoms with Crippen LogP contribution in [0.25, 0.3) is 16.9 Å². The topological polar surface area (TPSA) is 45.5 Å². The predicted octanol–water partition coefficient (Wildman–Crippen LogP) is 2.71. The van der Waals surface area contributed by atoms with E-state index in [-0.39, 0.29) is 0 Å². The number of benzene rings is 2. The minimum absolute atomic E-state index is 0.328. The Kier molecular flexibility index (Phi) is 5.94. The van der Waals surface area contributed by atoms with Gasteiger partial charge in [0.1, 0.15) is 21.5 Å². The molecule has 0 atom stereocenters. The molecule has 0 unspecified atom stereocenters. The monoisotopic (exact) mass is 437 g/mol. The smallest absolute Gasteiger partial charge is 0.150 e. The third kappa shape index (κ3) is 4.27. The van der Waals surface area contributed by atoms with Crippen LogP contribution in [-0.4, -0.2) is 54.3 Å². The fourth-order valence-electron chi connectivity index (χ4n) is 4.25. The van der Waals surface area contributed by atoms with Crippen LogP contribution in [0.3, 0.4) is 0 Å². The van der Waals surface area contributed by atoms with Crippen molar-refractivity contribution in [3.8, 4) is 11.3 Å². The molecule has 1 fully saturated rings. The first kappa shape index (κ1) is 21.1. The highest BCUT2D eigenvalue weighted by Gasteiger charge is 2.21. The lowest BCUT2D eigenvalue weighted by molar-refractivity contribution is 0.211. The zero-order valence-corrected chi connectivity index (χ0v) is 18.5. The van der Waals surface area contributed by atoms with Gasteiger partial charge in [0.2, 0.25) is 0 Å². The molecule has 1 saturated heterocycles. The summed E-state index contributed by atoms with van der Waals surface area (Å²) in [6.45, 7) is 2.88. The van der Waals surface area contributed by atoms with E-state index in [1.807, 2.05) is 48.5 Å². The first-order valence-corrected chi connectivity index (χ1v) is 11.2. The molecular formula is C24H22B2ClN5. The molecule has 8 heteroatoms. The van der Waals surface area contributed by atoms with Gasteiger partial charge in [0, 0.05) is 48.5 Å². The van der Waals surface area contributed by atoms with Gasteiger partial charge in [0.05, 0.1) is 5.69 Å². The Hall–Kier alpha value is -2.76. The Labute approximate surface area is 195 Å². The molecule has 0 amide bonds. The van der Waals surface area contributed by atoms with Crippen LogP contribution in [0.15, 0.2) is 60.8 Å². The number of likely N-dealkylation sites (tertiary alicyclic amines) is 1. The standard InChI is InChI=1S/C24H22B2ClN5/c25-19-7-3-1-5-16(19)15-31-11-9-17(10-12-31)29-23-13-22(18-6-2-4-8-21(18)27)30-24-20(26)14-28-32(23)24/h1-8,13-14,17,29H,9-12,15H2. The van der Waals surface area contributed by atoms with Crippen molar-refractivity contribution in [1.82, 2.24) is 19.5 Å². The van der Waals surface area contributed by atoms with Crippen molar-refractivity contribution in [2.75, 3.05) is 18.4 Å². The van der Waals surface area contributed by atoms with Gasteiger partial charge in [-0.25, -0.2) is 4.98 Å². The van der Waals surface area contributed by atoms with Crippen LogP contribution in [0.1, 0.15) is 18.4 Å². The van der Waals surface area contributed by atoms with E-state index in [1.54, 1.807) is 10.7 Å². The molecule has 1 N–H and O–H groups in total. The second-order valence-electron chi connectivity index (χ2n) is 8.24. The lowest BCUT2D eigenvalue weighted by Crippen LogP contribution is -2.39. The molecule has 32 heavy (non-hydrogen) atoms. The Morgan fingerprint density at radius 3 is 2.53 bits per heavy atom. The van der Waals surface area contributed by atoms with Gasteiger partial charge in [-0.2, -0.15) is 9.61 Å². The summed E-state index contributed by atoms with van der Waals surface area (Å²) in [5.41, 5.74) is 4.85. The molecule has 4 radical (unpaired) electrons. The molecule has 5 rings (SSSR count). The summed E-state index contributed by atoms with van der Waals surface area (Å²) >= 11 is 6.43.